The minimum Gasteiger partial charge on any atom is -0.356 e. The lowest BCUT2D eigenvalue weighted by molar-refractivity contribution is -0.132. The summed E-state index contributed by atoms with van der Waals surface area (Å²) < 4.78 is 0. The van der Waals surface area contributed by atoms with Gasteiger partial charge in [0.1, 0.15) is 0 Å². The van der Waals surface area contributed by atoms with Gasteiger partial charge in [0, 0.05) is 25.2 Å². The number of hydrogen-bond donors (Lipinski definition) is 2. The van der Waals surface area contributed by atoms with Crippen molar-refractivity contribution in [2.24, 2.45) is 5.41 Å². The van der Waals surface area contributed by atoms with E-state index < -0.39 is 0 Å². The predicted molar refractivity (Wildman–Crippen MR) is 69.2 cm³/mol. The fraction of sp³-hybridized carbons (Fsp3) is 0.846. The van der Waals surface area contributed by atoms with Crippen molar-refractivity contribution < 1.29 is 9.59 Å². The Balaban J connectivity index is 1.99. The molecule has 102 valence electrons. The molecule has 0 radical (unpaired) electrons. The zero-order valence-electron chi connectivity index (χ0n) is 11.5. The number of nitrogens with one attached hydrogen (secondary N) is 2. The number of piperidine rings is 1. The molecule has 0 aliphatic carbocycles. The van der Waals surface area contributed by atoms with Crippen LogP contribution in [0.5, 0.6) is 0 Å². The van der Waals surface area contributed by atoms with Crippen molar-refractivity contribution in [3.05, 3.63) is 0 Å². The smallest absolute Gasteiger partial charge is 0.317 e. The number of urea groups is 1. The third-order valence-electron chi connectivity index (χ3n) is 3.72. The standard InChI is InChI=1S/C13H23N3O2/c1-12(2,3)15-11(18)16-8-6-13(9-16)5-4-7-14-10(13)17/h4-9H2,1-3H3,(H,14,17)(H,15,18)/t13-/m1/s1. The molecule has 5 nitrogen and oxygen atoms in total. The van der Waals surface area contributed by atoms with Crippen LogP contribution in [0.15, 0.2) is 0 Å². The third kappa shape index (κ3) is 2.60. The number of amides is 3. The van der Waals surface area contributed by atoms with E-state index in [-0.39, 0.29) is 22.9 Å². The monoisotopic (exact) mass is 253 g/mol. The van der Waals surface area contributed by atoms with Gasteiger partial charge in [-0.25, -0.2) is 4.79 Å². The maximum Gasteiger partial charge on any atom is 0.317 e. The Bertz CT molecular complexity index is 362. The van der Waals surface area contributed by atoms with E-state index in [1.807, 2.05) is 20.8 Å². The summed E-state index contributed by atoms with van der Waals surface area (Å²) in [5.41, 5.74) is -0.560. The quantitative estimate of drug-likeness (QED) is 0.679. The molecule has 0 aromatic rings. The van der Waals surface area contributed by atoms with E-state index in [0.717, 1.165) is 25.8 Å². The Hall–Kier alpha value is -1.26. The summed E-state index contributed by atoms with van der Waals surface area (Å²) in [5, 5.41) is 5.88. The lowest BCUT2D eigenvalue weighted by Crippen LogP contribution is -2.51. The van der Waals surface area contributed by atoms with Crippen LogP contribution in [0.4, 0.5) is 4.79 Å². The van der Waals surface area contributed by atoms with Crippen LogP contribution >= 0.6 is 0 Å². The first kappa shape index (κ1) is 13.2. The molecule has 0 aromatic carbocycles. The molecule has 2 saturated heterocycles. The van der Waals surface area contributed by atoms with Gasteiger partial charge >= 0.3 is 6.03 Å². The molecular formula is C13H23N3O2. The van der Waals surface area contributed by atoms with Crippen molar-refractivity contribution >= 4 is 11.9 Å². The number of likely N-dealkylation sites (tertiary alicyclic amines) is 1. The van der Waals surface area contributed by atoms with Gasteiger partial charge in [-0.15, -0.1) is 0 Å². The zero-order chi connectivity index (χ0) is 13.4. The van der Waals surface area contributed by atoms with Gasteiger partial charge in [0.2, 0.25) is 5.91 Å². The van der Waals surface area contributed by atoms with Gasteiger partial charge in [-0.3, -0.25) is 4.79 Å². The molecule has 2 fully saturated rings. The van der Waals surface area contributed by atoms with Gasteiger partial charge < -0.3 is 15.5 Å². The SMILES string of the molecule is CC(C)(C)NC(=O)N1CC[C@]2(CCCNC2=O)C1. The van der Waals surface area contributed by atoms with Gasteiger partial charge in [0.25, 0.3) is 0 Å². The topological polar surface area (TPSA) is 61.4 Å². The van der Waals surface area contributed by atoms with Gasteiger partial charge in [-0.2, -0.15) is 0 Å². The first-order chi connectivity index (χ1) is 8.32. The van der Waals surface area contributed by atoms with Crippen LogP contribution in [0.2, 0.25) is 0 Å². The van der Waals surface area contributed by atoms with Crippen molar-refractivity contribution in [1.29, 1.82) is 0 Å². The number of hydrogen-bond acceptors (Lipinski definition) is 2. The van der Waals surface area contributed by atoms with E-state index >= 15 is 0 Å². The minimum absolute atomic E-state index is 0.0576. The molecule has 1 spiro atoms. The van der Waals surface area contributed by atoms with Crippen molar-refractivity contribution in [3.63, 3.8) is 0 Å². The highest BCUT2D eigenvalue weighted by molar-refractivity contribution is 5.85. The first-order valence-electron chi connectivity index (χ1n) is 6.68. The summed E-state index contributed by atoms with van der Waals surface area (Å²) in [7, 11) is 0. The van der Waals surface area contributed by atoms with Gasteiger partial charge in [0.05, 0.1) is 5.41 Å². The maximum absolute atomic E-state index is 12.1. The van der Waals surface area contributed by atoms with Crippen LogP contribution in [-0.2, 0) is 4.79 Å². The van der Waals surface area contributed by atoms with E-state index in [1.54, 1.807) is 4.90 Å². The van der Waals surface area contributed by atoms with Crippen molar-refractivity contribution in [1.82, 2.24) is 15.5 Å². The van der Waals surface area contributed by atoms with Crippen LogP contribution in [0.25, 0.3) is 0 Å². The van der Waals surface area contributed by atoms with Crippen LogP contribution in [-0.4, -0.2) is 42.0 Å². The summed E-state index contributed by atoms with van der Waals surface area (Å²) in [6.45, 7) is 7.89. The summed E-state index contributed by atoms with van der Waals surface area (Å²) in [6.07, 6.45) is 2.70. The van der Waals surface area contributed by atoms with Crippen LogP contribution < -0.4 is 10.6 Å². The molecule has 5 heteroatoms. The Morgan fingerprint density at radius 3 is 2.72 bits per heavy atom. The van der Waals surface area contributed by atoms with Crippen LogP contribution in [0, 0.1) is 5.41 Å². The van der Waals surface area contributed by atoms with E-state index in [1.165, 1.54) is 0 Å². The lowest BCUT2D eigenvalue weighted by Gasteiger charge is -2.32. The van der Waals surface area contributed by atoms with E-state index in [9.17, 15) is 9.59 Å². The lowest BCUT2D eigenvalue weighted by atomic mass is 9.79. The summed E-state index contributed by atoms with van der Waals surface area (Å²) in [6, 6.07) is -0.0576. The van der Waals surface area contributed by atoms with Crippen LogP contribution in [0.3, 0.4) is 0 Å². The number of carbonyl (C=O) groups is 2. The second-order valence-corrected chi connectivity index (χ2v) is 6.49. The molecule has 2 N–H and O–H groups in total. The first-order valence-corrected chi connectivity index (χ1v) is 6.68. The molecule has 0 saturated carbocycles. The molecule has 0 unspecified atom stereocenters. The molecule has 2 rings (SSSR count). The highest BCUT2D eigenvalue weighted by Gasteiger charge is 2.47. The predicted octanol–water partition coefficient (Wildman–Crippen LogP) is 1.10. The molecule has 2 heterocycles. The van der Waals surface area contributed by atoms with Gasteiger partial charge in [0.15, 0.2) is 0 Å². The highest BCUT2D eigenvalue weighted by atomic mass is 16.2. The van der Waals surface area contributed by atoms with Crippen LogP contribution in [0.1, 0.15) is 40.0 Å². The van der Waals surface area contributed by atoms with E-state index in [0.29, 0.717) is 13.1 Å². The second kappa shape index (κ2) is 4.44. The number of rotatable bonds is 0. The molecule has 1 atom stereocenters. The number of nitrogens with zero attached hydrogens (tertiary/aromatic N) is 1. The summed E-state index contributed by atoms with van der Waals surface area (Å²) in [5.74, 6) is 0.125. The molecular weight excluding hydrogens is 230 g/mol. The Labute approximate surface area is 108 Å². The zero-order valence-corrected chi connectivity index (χ0v) is 11.5. The van der Waals surface area contributed by atoms with Gasteiger partial charge in [-0.05, 0) is 40.0 Å². The fourth-order valence-corrected chi connectivity index (χ4v) is 2.76. The molecule has 0 aromatic heterocycles. The average molecular weight is 253 g/mol. The Kier molecular flexibility index (Phi) is 3.25. The fourth-order valence-electron chi connectivity index (χ4n) is 2.76. The van der Waals surface area contributed by atoms with E-state index in [4.69, 9.17) is 0 Å². The molecule has 2 aliphatic heterocycles. The molecule has 2 aliphatic rings. The number of carbonyl (C=O) groups excluding carboxylic acids is 2. The van der Waals surface area contributed by atoms with Gasteiger partial charge in [-0.1, -0.05) is 0 Å². The molecule has 0 bridgehead atoms. The van der Waals surface area contributed by atoms with E-state index in [2.05, 4.69) is 10.6 Å². The minimum atomic E-state index is -0.326. The van der Waals surface area contributed by atoms with Crippen molar-refractivity contribution in [2.75, 3.05) is 19.6 Å². The van der Waals surface area contributed by atoms with Crippen molar-refractivity contribution in [2.45, 2.75) is 45.6 Å². The normalized spacial score (nSPS) is 28.4. The Morgan fingerprint density at radius 2 is 2.11 bits per heavy atom. The summed E-state index contributed by atoms with van der Waals surface area (Å²) in [4.78, 5) is 25.9. The second-order valence-electron chi connectivity index (χ2n) is 6.49. The third-order valence-corrected chi connectivity index (χ3v) is 3.72. The Morgan fingerprint density at radius 1 is 1.39 bits per heavy atom. The molecule has 18 heavy (non-hydrogen) atoms. The largest absolute Gasteiger partial charge is 0.356 e. The molecule has 3 amide bonds. The maximum atomic E-state index is 12.1. The summed E-state index contributed by atoms with van der Waals surface area (Å²) >= 11 is 0. The van der Waals surface area contributed by atoms with Crippen molar-refractivity contribution in [3.8, 4) is 0 Å². The average Bonchev–Trinajstić information content (AvgIpc) is 2.66. The highest BCUT2D eigenvalue weighted by Crippen LogP contribution is 2.37.